The maximum Gasteiger partial charge on any atom is 0.210 e. The topological polar surface area (TPSA) is 46.6 Å². The van der Waals surface area contributed by atoms with E-state index in [-0.39, 0.29) is 18.1 Å². The number of likely N-dealkylation sites (tertiary alicyclic amines) is 1. The fourth-order valence-corrected chi connectivity index (χ4v) is 2.35. The summed E-state index contributed by atoms with van der Waals surface area (Å²) in [5.74, 6) is 0.165. The molecule has 0 aromatic rings. The second-order valence-electron chi connectivity index (χ2n) is 4.13. The van der Waals surface area contributed by atoms with E-state index < -0.39 is 0 Å². The molecule has 0 radical (unpaired) electrons. The van der Waals surface area contributed by atoms with E-state index in [0.717, 1.165) is 32.1 Å². The third-order valence-electron chi connectivity index (χ3n) is 3.16. The van der Waals surface area contributed by atoms with E-state index >= 15 is 0 Å². The molecule has 15 heavy (non-hydrogen) atoms. The summed E-state index contributed by atoms with van der Waals surface area (Å²) < 4.78 is 5.42. The van der Waals surface area contributed by atoms with Crippen LogP contribution in [0, 0.1) is 5.92 Å². The van der Waals surface area contributed by atoms with E-state index in [4.69, 9.17) is 4.74 Å². The van der Waals surface area contributed by atoms with E-state index in [1.807, 2.05) is 6.92 Å². The highest BCUT2D eigenvalue weighted by Crippen LogP contribution is 2.25. The zero-order valence-electron chi connectivity index (χ0n) is 9.39. The van der Waals surface area contributed by atoms with Crippen molar-refractivity contribution in [3.05, 3.63) is 0 Å². The summed E-state index contributed by atoms with van der Waals surface area (Å²) in [7, 11) is 1.65. The Hall–Kier alpha value is -0.900. The van der Waals surface area contributed by atoms with Gasteiger partial charge in [-0.2, -0.15) is 0 Å². The molecule has 0 aliphatic carbocycles. The lowest BCUT2D eigenvalue weighted by atomic mass is 9.94. The zero-order valence-corrected chi connectivity index (χ0v) is 9.39. The molecule has 0 N–H and O–H groups in total. The fourth-order valence-electron chi connectivity index (χ4n) is 2.35. The molecule has 0 spiro atoms. The van der Waals surface area contributed by atoms with Crippen molar-refractivity contribution < 1.29 is 14.3 Å². The van der Waals surface area contributed by atoms with Crippen molar-refractivity contribution in [2.75, 3.05) is 13.7 Å². The summed E-state index contributed by atoms with van der Waals surface area (Å²) in [5.41, 5.74) is 0. The lowest BCUT2D eigenvalue weighted by Gasteiger charge is -2.31. The van der Waals surface area contributed by atoms with Gasteiger partial charge in [0.25, 0.3) is 0 Å². The van der Waals surface area contributed by atoms with Gasteiger partial charge < -0.3 is 14.4 Å². The Labute approximate surface area is 90.6 Å². The Kier molecular flexibility index (Phi) is 4.75. The smallest absolute Gasteiger partial charge is 0.210 e. The number of nitrogens with zero attached hydrogens (tertiary/aromatic N) is 1. The predicted octanol–water partition coefficient (Wildman–Crippen LogP) is 0.847. The Morgan fingerprint density at radius 2 is 2.27 bits per heavy atom. The number of hydrogen-bond acceptors (Lipinski definition) is 3. The number of hydrogen-bond donors (Lipinski definition) is 0. The van der Waals surface area contributed by atoms with Gasteiger partial charge in [-0.1, -0.05) is 6.92 Å². The van der Waals surface area contributed by atoms with Crippen LogP contribution in [0.25, 0.3) is 0 Å². The van der Waals surface area contributed by atoms with Crippen LogP contribution in [-0.2, 0) is 14.3 Å². The summed E-state index contributed by atoms with van der Waals surface area (Å²) in [6.07, 6.45) is 4.26. The molecule has 0 aromatic heterocycles. The summed E-state index contributed by atoms with van der Waals surface area (Å²) in [5, 5.41) is 0. The first-order valence-electron chi connectivity index (χ1n) is 5.42. The van der Waals surface area contributed by atoms with Crippen LogP contribution in [0.15, 0.2) is 0 Å². The van der Waals surface area contributed by atoms with Gasteiger partial charge in [-0.05, 0) is 18.8 Å². The molecule has 86 valence electrons. The number of methoxy groups -OCH3 is 1. The highest BCUT2D eigenvalue weighted by Gasteiger charge is 2.33. The molecule has 3 unspecified atom stereocenters. The van der Waals surface area contributed by atoms with E-state index in [1.165, 1.54) is 0 Å². The van der Waals surface area contributed by atoms with Crippen LogP contribution < -0.4 is 0 Å². The van der Waals surface area contributed by atoms with Gasteiger partial charge in [0.15, 0.2) is 0 Å². The Balaban J connectivity index is 2.63. The molecule has 1 saturated heterocycles. The van der Waals surface area contributed by atoms with E-state index in [9.17, 15) is 9.59 Å². The SMILES string of the molecule is COC(C(C)CC=O)C1CCCN1C=O. The Morgan fingerprint density at radius 1 is 1.53 bits per heavy atom. The van der Waals surface area contributed by atoms with Gasteiger partial charge in [-0.3, -0.25) is 4.79 Å². The van der Waals surface area contributed by atoms with Crippen molar-refractivity contribution in [3.63, 3.8) is 0 Å². The molecule has 1 amide bonds. The van der Waals surface area contributed by atoms with Crippen LogP contribution in [0.5, 0.6) is 0 Å². The average molecular weight is 213 g/mol. The largest absolute Gasteiger partial charge is 0.379 e. The monoisotopic (exact) mass is 213 g/mol. The fraction of sp³-hybridized carbons (Fsp3) is 0.818. The summed E-state index contributed by atoms with van der Waals surface area (Å²) in [6, 6.07) is 0.141. The minimum absolute atomic E-state index is 0.0251. The quantitative estimate of drug-likeness (QED) is 0.614. The molecule has 1 fully saturated rings. The molecule has 0 saturated carbocycles. The average Bonchev–Trinajstić information content (AvgIpc) is 2.67. The number of carbonyl (C=O) groups excluding carboxylic acids is 2. The molecule has 0 aromatic carbocycles. The van der Waals surface area contributed by atoms with Crippen LogP contribution in [0.3, 0.4) is 0 Å². The first-order chi connectivity index (χ1) is 7.24. The van der Waals surface area contributed by atoms with E-state index in [0.29, 0.717) is 6.42 Å². The van der Waals surface area contributed by atoms with Crippen LogP contribution in [0.4, 0.5) is 0 Å². The number of aldehydes is 1. The van der Waals surface area contributed by atoms with Crippen LogP contribution in [0.1, 0.15) is 26.2 Å². The van der Waals surface area contributed by atoms with Crippen molar-refractivity contribution in [3.8, 4) is 0 Å². The molecular weight excluding hydrogens is 194 g/mol. The third kappa shape index (κ3) is 2.78. The maximum absolute atomic E-state index is 10.8. The van der Waals surface area contributed by atoms with Crippen molar-refractivity contribution in [1.29, 1.82) is 0 Å². The molecule has 0 bridgehead atoms. The van der Waals surface area contributed by atoms with Gasteiger partial charge in [-0.25, -0.2) is 0 Å². The maximum atomic E-state index is 10.8. The summed E-state index contributed by atoms with van der Waals surface area (Å²) in [4.78, 5) is 23.1. The molecule has 1 heterocycles. The minimum Gasteiger partial charge on any atom is -0.379 e. The van der Waals surface area contributed by atoms with Crippen molar-refractivity contribution >= 4 is 12.7 Å². The molecule has 1 aliphatic rings. The van der Waals surface area contributed by atoms with Gasteiger partial charge in [0, 0.05) is 20.1 Å². The highest BCUT2D eigenvalue weighted by molar-refractivity contribution is 5.50. The number of ether oxygens (including phenoxy) is 1. The van der Waals surface area contributed by atoms with Gasteiger partial charge >= 0.3 is 0 Å². The zero-order chi connectivity index (χ0) is 11.3. The van der Waals surface area contributed by atoms with Gasteiger partial charge in [0.05, 0.1) is 12.1 Å². The number of carbonyl (C=O) groups is 2. The van der Waals surface area contributed by atoms with Gasteiger partial charge in [0.1, 0.15) is 6.29 Å². The standard InChI is InChI=1S/C11H19NO3/c1-9(5-7-13)11(15-2)10-4-3-6-12(10)8-14/h7-11H,3-6H2,1-2H3. The Bertz CT molecular complexity index is 220. The lowest BCUT2D eigenvalue weighted by molar-refractivity contribution is -0.122. The van der Waals surface area contributed by atoms with E-state index in [1.54, 1.807) is 12.0 Å². The van der Waals surface area contributed by atoms with Crippen molar-refractivity contribution in [1.82, 2.24) is 4.90 Å². The minimum atomic E-state index is -0.0251. The summed E-state index contributed by atoms with van der Waals surface area (Å²) in [6.45, 7) is 2.80. The molecule has 4 nitrogen and oxygen atoms in total. The third-order valence-corrected chi connectivity index (χ3v) is 3.16. The van der Waals surface area contributed by atoms with E-state index in [2.05, 4.69) is 0 Å². The van der Waals surface area contributed by atoms with Crippen LogP contribution in [0.2, 0.25) is 0 Å². The highest BCUT2D eigenvalue weighted by atomic mass is 16.5. The molecule has 3 atom stereocenters. The lowest BCUT2D eigenvalue weighted by Crippen LogP contribution is -2.42. The number of rotatable bonds is 6. The predicted molar refractivity (Wildman–Crippen MR) is 56.4 cm³/mol. The van der Waals surface area contributed by atoms with Crippen molar-refractivity contribution in [2.45, 2.75) is 38.3 Å². The molecule has 4 heteroatoms. The molecule has 1 aliphatic heterocycles. The summed E-state index contributed by atoms with van der Waals surface area (Å²) >= 11 is 0. The second-order valence-corrected chi connectivity index (χ2v) is 4.13. The normalized spacial score (nSPS) is 24.9. The number of amides is 1. The first-order valence-corrected chi connectivity index (χ1v) is 5.42. The van der Waals surface area contributed by atoms with Crippen LogP contribution >= 0.6 is 0 Å². The van der Waals surface area contributed by atoms with Gasteiger partial charge in [0.2, 0.25) is 6.41 Å². The first kappa shape index (κ1) is 12.2. The van der Waals surface area contributed by atoms with Gasteiger partial charge in [-0.15, -0.1) is 0 Å². The second kappa shape index (κ2) is 5.85. The molecule has 1 rings (SSSR count). The molecular formula is C11H19NO3. The van der Waals surface area contributed by atoms with Crippen LogP contribution in [-0.4, -0.2) is 43.4 Å². The Morgan fingerprint density at radius 3 is 2.80 bits per heavy atom. The van der Waals surface area contributed by atoms with Crippen molar-refractivity contribution in [2.24, 2.45) is 5.92 Å².